The third kappa shape index (κ3) is 7.49. The van der Waals surface area contributed by atoms with E-state index in [1.165, 1.54) is 24.3 Å². The summed E-state index contributed by atoms with van der Waals surface area (Å²) in [7, 11) is -1.60. The molecule has 43 heavy (non-hydrogen) atoms. The van der Waals surface area contributed by atoms with Crippen LogP contribution in [0.4, 0.5) is 11.4 Å². The summed E-state index contributed by atoms with van der Waals surface area (Å²) in [6, 6.07) is 18.3. The van der Waals surface area contributed by atoms with Gasteiger partial charge in [-0.05, 0) is 77.7 Å². The molecule has 226 valence electrons. The van der Waals surface area contributed by atoms with Crippen molar-refractivity contribution in [1.29, 1.82) is 0 Å². The molecular weight excluding hydrogens is 587 g/mol. The van der Waals surface area contributed by atoms with Crippen LogP contribution in [0.25, 0.3) is 5.57 Å². The van der Waals surface area contributed by atoms with Gasteiger partial charge < -0.3 is 14.4 Å². The van der Waals surface area contributed by atoms with E-state index < -0.39 is 20.2 Å². The van der Waals surface area contributed by atoms with Gasteiger partial charge in [0.2, 0.25) is 0 Å². The highest BCUT2D eigenvalue weighted by atomic mass is 32.2. The molecule has 0 fully saturated rings. The summed E-state index contributed by atoms with van der Waals surface area (Å²) in [5.41, 5.74) is 5.36. The zero-order valence-electron chi connectivity index (χ0n) is 24.7. The first kappa shape index (κ1) is 31.9. The van der Waals surface area contributed by atoms with E-state index in [-0.39, 0.29) is 21.9 Å². The van der Waals surface area contributed by atoms with E-state index in [0.29, 0.717) is 23.4 Å². The van der Waals surface area contributed by atoms with E-state index in [4.69, 9.17) is 0 Å². The molecule has 4 rings (SSSR count). The monoisotopic (exact) mass is 621 g/mol. The summed E-state index contributed by atoms with van der Waals surface area (Å²) in [5, 5.41) is 0. The van der Waals surface area contributed by atoms with E-state index in [1.54, 1.807) is 18.2 Å². The summed E-state index contributed by atoms with van der Waals surface area (Å²) >= 11 is 0. The van der Waals surface area contributed by atoms with Gasteiger partial charge in [0, 0.05) is 56.3 Å². The molecule has 1 N–H and O–H groups in total. The Bertz CT molecular complexity index is 1850. The third-order valence-electron chi connectivity index (χ3n) is 7.17. The zero-order chi connectivity index (χ0) is 31.5. The molecule has 9 nitrogen and oxygen atoms in total. The summed E-state index contributed by atoms with van der Waals surface area (Å²) in [4.78, 5) is 3.18. The molecule has 1 aliphatic carbocycles. The highest BCUT2D eigenvalue weighted by Gasteiger charge is 2.21. The SMILES string of the molecule is CCN(Cc1cccc(S(=O)(=O)O)c1)c1ccc(C(=C2C=CC(=[N+](C)C)C=C2)c2ccc(N(C)C)cc2)c(S(=O)(=O)[O-])c1. The number of hydrogen-bond donors (Lipinski definition) is 1. The van der Waals surface area contributed by atoms with Crippen LogP contribution >= 0.6 is 0 Å². The molecule has 0 spiro atoms. The molecule has 0 heterocycles. The van der Waals surface area contributed by atoms with Crippen LogP contribution in [0.3, 0.4) is 0 Å². The largest absolute Gasteiger partial charge is 0.744 e. The van der Waals surface area contributed by atoms with Crippen LogP contribution in [-0.4, -0.2) is 71.0 Å². The molecule has 0 aliphatic heterocycles. The van der Waals surface area contributed by atoms with Crippen molar-refractivity contribution in [2.75, 3.05) is 44.5 Å². The number of allylic oxidation sites excluding steroid dienone is 5. The fraction of sp³-hybridized carbons (Fsp3) is 0.219. The van der Waals surface area contributed by atoms with Gasteiger partial charge in [0.15, 0.2) is 5.71 Å². The van der Waals surface area contributed by atoms with Gasteiger partial charge in [0.05, 0.1) is 9.79 Å². The molecule has 11 heteroatoms. The van der Waals surface area contributed by atoms with Gasteiger partial charge in [-0.3, -0.25) is 4.55 Å². The molecule has 0 bridgehead atoms. The van der Waals surface area contributed by atoms with Crippen LogP contribution in [-0.2, 0) is 26.8 Å². The molecule has 0 atom stereocenters. The summed E-state index contributed by atoms with van der Waals surface area (Å²) in [6.07, 6.45) is 7.67. The Morgan fingerprint density at radius 2 is 1.49 bits per heavy atom. The van der Waals surface area contributed by atoms with E-state index >= 15 is 0 Å². The van der Waals surface area contributed by atoms with E-state index in [2.05, 4.69) is 0 Å². The van der Waals surface area contributed by atoms with Crippen LogP contribution in [0.5, 0.6) is 0 Å². The van der Waals surface area contributed by atoms with Gasteiger partial charge in [0.25, 0.3) is 10.1 Å². The minimum Gasteiger partial charge on any atom is -0.744 e. The molecule has 3 aromatic carbocycles. The molecule has 0 amide bonds. The minimum atomic E-state index is -4.93. The van der Waals surface area contributed by atoms with Crippen LogP contribution in [0.1, 0.15) is 23.6 Å². The fourth-order valence-electron chi connectivity index (χ4n) is 4.86. The number of anilines is 2. The molecule has 1 aliphatic rings. The average molecular weight is 622 g/mol. The van der Waals surface area contributed by atoms with Crippen LogP contribution in [0.15, 0.2) is 106 Å². The number of nitrogens with zero attached hydrogens (tertiary/aromatic N) is 3. The van der Waals surface area contributed by atoms with Crippen LogP contribution < -0.4 is 9.80 Å². The van der Waals surface area contributed by atoms with Crippen molar-refractivity contribution in [2.24, 2.45) is 0 Å². The lowest BCUT2D eigenvalue weighted by atomic mass is 9.90. The van der Waals surface area contributed by atoms with Gasteiger partial charge in [-0.15, -0.1) is 0 Å². The Hall–Kier alpha value is -4.03. The maximum absolute atomic E-state index is 12.8. The van der Waals surface area contributed by atoms with E-state index in [9.17, 15) is 25.9 Å². The average Bonchev–Trinajstić information content (AvgIpc) is 2.96. The van der Waals surface area contributed by atoms with Crippen molar-refractivity contribution >= 4 is 42.9 Å². The molecule has 0 aromatic heterocycles. The first-order valence-electron chi connectivity index (χ1n) is 13.5. The van der Waals surface area contributed by atoms with Gasteiger partial charge in [0.1, 0.15) is 24.2 Å². The Morgan fingerprint density at radius 3 is 2.02 bits per heavy atom. The van der Waals surface area contributed by atoms with Crippen molar-refractivity contribution < 1.29 is 30.5 Å². The topological polar surface area (TPSA) is 121 Å². The van der Waals surface area contributed by atoms with Crippen LogP contribution in [0, 0.1) is 0 Å². The molecule has 0 unspecified atom stereocenters. The number of benzene rings is 3. The van der Waals surface area contributed by atoms with E-state index in [1.807, 2.05) is 98.1 Å². The summed E-state index contributed by atoms with van der Waals surface area (Å²) < 4.78 is 73.1. The smallest absolute Gasteiger partial charge is 0.294 e. The minimum absolute atomic E-state index is 0.214. The second-order valence-electron chi connectivity index (χ2n) is 10.5. The maximum atomic E-state index is 12.8. The van der Waals surface area contributed by atoms with Gasteiger partial charge in [-0.25, -0.2) is 13.0 Å². The van der Waals surface area contributed by atoms with Crippen molar-refractivity contribution in [1.82, 2.24) is 0 Å². The van der Waals surface area contributed by atoms with Crippen molar-refractivity contribution in [3.05, 3.63) is 113 Å². The molecule has 0 saturated heterocycles. The Kier molecular flexibility index (Phi) is 9.41. The Morgan fingerprint density at radius 1 is 0.860 bits per heavy atom. The maximum Gasteiger partial charge on any atom is 0.294 e. The Balaban J connectivity index is 1.88. The summed E-state index contributed by atoms with van der Waals surface area (Å²) in [5.74, 6) is 0. The highest BCUT2D eigenvalue weighted by Crippen LogP contribution is 2.36. The number of hydrogen-bond acceptors (Lipinski definition) is 7. The Labute approximate surface area is 253 Å². The van der Waals surface area contributed by atoms with Gasteiger partial charge >= 0.3 is 0 Å². The second-order valence-corrected chi connectivity index (χ2v) is 13.3. The van der Waals surface area contributed by atoms with Crippen molar-refractivity contribution in [3.63, 3.8) is 0 Å². The second kappa shape index (κ2) is 12.7. The third-order valence-corrected chi connectivity index (χ3v) is 8.89. The lowest BCUT2D eigenvalue weighted by Crippen LogP contribution is -2.22. The van der Waals surface area contributed by atoms with Crippen molar-refractivity contribution in [3.8, 4) is 0 Å². The quantitative estimate of drug-likeness (QED) is 0.273. The predicted octanol–water partition coefficient (Wildman–Crippen LogP) is 4.57. The number of rotatable bonds is 9. The normalized spacial score (nSPS) is 13.3. The van der Waals surface area contributed by atoms with Crippen molar-refractivity contribution in [2.45, 2.75) is 23.3 Å². The summed E-state index contributed by atoms with van der Waals surface area (Å²) in [6.45, 7) is 2.51. The fourth-order valence-corrected chi connectivity index (χ4v) is 6.12. The zero-order valence-corrected chi connectivity index (χ0v) is 26.4. The first-order valence-corrected chi connectivity index (χ1v) is 16.4. The molecule has 0 radical (unpaired) electrons. The molecular formula is C32H35N3O6S2. The first-order chi connectivity index (χ1) is 20.2. The molecule has 3 aromatic rings. The molecule has 0 saturated carbocycles. The standard InChI is InChI=1S/C32H35N3O6S2/c1-6-35(22-23-8-7-9-29(20-23)42(36,37)38)28-18-19-30(31(21-28)43(39,40)41)32(24-10-14-26(15-11-24)33(2)3)25-12-16-27(17-13-25)34(4)5/h7-21H,6,22H2,1-5H3,(H-,36,37,38,39,40,41). The lowest BCUT2D eigenvalue weighted by Gasteiger charge is -2.26. The van der Waals surface area contributed by atoms with Gasteiger partial charge in [-0.2, -0.15) is 8.42 Å². The predicted molar refractivity (Wildman–Crippen MR) is 170 cm³/mol. The van der Waals surface area contributed by atoms with Gasteiger partial charge in [-0.1, -0.05) is 30.3 Å². The van der Waals surface area contributed by atoms with E-state index in [0.717, 1.165) is 22.5 Å². The lowest BCUT2D eigenvalue weighted by molar-refractivity contribution is -0.462. The van der Waals surface area contributed by atoms with Crippen LogP contribution in [0.2, 0.25) is 0 Å². The highest BCUT2D eigenvalue weighted by molar-refractivity contribution is 7.86.